The third-order valence-electron chi connectivity index (χ3n) is 1.36. The van der Waals surface area contributed by atoms with E-state index in [1.807, 2.05) is 16.8 Å². The van der Waals surface area contributed by atoms with E-state index in [2.05, 4.69) is 10.5 Å². The van der Waals surface area contributed by atoms with Crippen LogP contribution >= 0.6 is 11.3 Å². The third kappa shape index (κ3) is 2.79. The molecule has 0 spiro atoms. The van der Waals surface area contributed by atoms with Crippen molar-refractivity contribution in [3.8, 4) is 0 Å². The van der Waals surface area contributed by atoms with Crippen LogP contribution < -0.4 is 11.1 Å². The Morgan fingerprint density at radius 1 is 1.75 bits per heavy atom. The second-order valence-electron chi connectivity index (χ2n) is 2.28. The average Bonchev–Trinajstić information content (AvgIpc) is 2.57. The van der Waals surface area contributed by atoms with Crippen LogP contribution in [0.15, 0.2) is 22.0 Å². The van der Waals surface area contributed by atoms with Gasteiger partial charge in [0.1, 0.15) is 5.84 Å². The second-order valence-corrected chi connectivity index (χ2v) is 3.06. The van der Waals surface area contributed by atoms with E-state index in [0.29, 0.717) is 13.0 Å². The van der Waals surface area contributed by atoms with Gasteiger partial charge in [-0.25, -0.2) is 0 Å². The summed E-state index contributed by atoms with van der Waals surface area (Å²) in [5.41, 5.74) is 6.35. The molecule has 1 aromatic rings. The largest absolute Gasteiger partial charge is 0.409 e. The number of nitrogens with zero attached hydrogens (tertiary/aromatic N) is 1. The van der Waals surface area contributed by atoms with E-state index >= 15 is 0 Å². The fourth-order valence-corrected chi connectivity index (χ4v) is 1.36. The van der Waals surface area contributed by atoms with Gasteiger partial charge in [-0.2, -0.15) is 11.3 Å². The van der Waals surface area contributed by atoms with E-state index in [-0.39, 0.29) is 5.84 Å². The van der Waals surface area contributed by atoms with Gasteiger partial charge in [0.05, 0.1) is 0 Å². The van der Waals surface area contributed by atoms with E-state index in [9.17, 15) is 0 Å². The number of oxime groups is 1. The van der Waals surface area contributed by atoms with Gasteiger partial charge >= 0.3 is 0 Å². The van der Waals surface area contributed by atoms with E-state index < -0.39 is 0 Å². The van der Waals surface area contributed by atoms with Crippen molar-refractivity contribution in [3.05, 3.63) is 16.8 Å². The van der Waals surface area contributed by atoms with E-state index in [4.69, 9.17) is 10.9 Å². The molecule has 1 aromatic heterocycles. The van der Waals surface area contributed by atoms with Gasteiger partial charge in [0.2, 0.25) is 0 Å². The first-order valence-corrected chi connectivity index (χ1v) is 4.49. The van der Waals surface area contributed by atoms with Crippen LogP contribution in [0.5, 0.6) is 0 Å². The molecule has 0 unspecified atom stereocenters. The smallest absolute Gasteiger partial charge is 0.140 e. The van der Waals surface area contributed by atoms with Crippen molar-refractivity contribution in [2.24, 2.45) is 10.9 Å². The number of thiophene rings is 1. The third-order valence-corrected chi connectivity index (χ3v) is 2.04. The van der Waals surface area contributed by atoms with Crippen molar-refractivity contribution in [3.63, 3.8) is 0 Å². The minimum Gasteiger partial charge on any atom is -0.409 e. The molecule has 12 heavy (non-hydrogen) atoms. The summed E-state index contributed by atoms with van der Waals surface area (Å²) >= 11 is 1.63. The van der Waals surface area contributed by atoms with Crippen molar-refractivity contribution in [2.45, 2.75) is 6.42 Å². The van der Waals surface area contributed by atoms with Gasteiger partial charge in [0, 0.05) is 24.0 Å². The van der Waals surface area contributed by atoms with Crippen LogP contribution in [0.1, 0.15) is 6.42 Å². The van der Waals surface area contributed by atoms with E-state index in [1.54, 1.807) is 11.3 Å². The Morgan fingerprint density at radius 3 is 3.17 bits per heavy atom. The summed E-state index contributed by atoms with van der Waals surface area (Å²) in [6.07, 6.45) is 0.548. The maximum absolute atomic E-state index is 8.23. The number of nitrogens with two attached hydrogens (primary N) is 1. The highest BCUT2D eigenvalue weighted by atomic mass is 32.1. The molecule has 0 fully saturated rings. The van der Waals surface area contributed by atoms with Gasteiger partial charge in [-0.3, -0.25) is 0 Å². The quantitative estimate of drug-likeness (QED) is 0.286. The minimum atomic E-state index is 0.248. The van der Waals surface area contributed by atoms with Crippen LogP contribution in [0.3, 0.4) is 0 Å². The fraction of sp³-hybridized carbons (Fsp3) is 0.286. The Kier molecular flexibility index (Phi) is 3.40. The van der Waals surface area contributed by atoms with Crippen molar-refractivity contribution >= 4 is 22.9 Å². The van der Waals surface area contributed by atoms with Gasteiger partial charge in [-0.05, 0) is 11.4 Å². The summed E-state index contributed by atoms with van der Waals surface area (Å²) in [4.78, 5) is 0. The first-order valence-electron chi connectivity index (χ1n) is 3.55. The maximum atomic E-state index is 8.23. The zero-order valence-corrected chi connectivity index (χ0v) is 7.34. The Balaban J connectivity index is 2.19. The summed E-state index contributed by atoms with van der Waals surface area (Å²) in [6.45, 7) is 0.687. The van der Waals surface area contributed by atoms with Gasteiger partial charge < -0.3 is 16.3 Å². The highest BCUT2D eigenvalue weighted by Gasteiger charge is 1.93. The first-order chi connectivity index (χ1) is 5.83. The number of amidine groups is 1. The number of hydrogen-bond donors (Lipinski definition) is 3. The SMILES string of the molecule is N/C(CCNc1ccsc1)=N/O. The molecule has 0 aliphatic heterocycles. The van der Waals surface area contributed by atoms with Crippen LogP contribution in [0, 0.1) is 0 Å². The predicted octanol–water partition coefficient (Wildman–Crippen LogP) is 1.30. The van der Waals surface area contributed by atoms with Crippen molar-refractivity contribution in [2.75, 3.05) is 11.9 Å². The molecule has 4 nitrogen and oxygen atoms in total. The lowest BCUT2D eigenvalue weighted by molar-refractivity contribution is 0.317. The lowest BCUT2D eigenvalue weighted by Gasteiger charge is -2.01. The Labute approximate surface area is 74.7 Å². The number of hydrogen-bond acceptors (Lipinski definition) is 4. The molecule has 0 aromatic carbocycles. The molecule has 0 aliphatic rings. The van der Waals surface area contributed by atoms with E-state index in [0.717, 1.165) is 5.69 Å². The zero-order chi connectivity index (χ0) is 8.81. The number of anilines is 1. The Hall–Kier alpha value is -1.23. The molecule has 0 atom stereocenters. The molecular weight excluding hydrogens is 174 g/mol. The summed E-state index contributed by atoms with van der Waals surface area (Å²) in [7, 11) is 0. The van der Waals surface area contributed by atoms with E-state index in [1.165, 1.54) is 0 Å². The highest BCUT2D eigenvalue weighted by Crippen LogP contribution is 2.11. The normalized spacial score (nSPS) is 11.5. The second kappa shape index (κ2) is 4.61. The van der Waals surface area contributed by atoms with Crippen LogP contribution in [-0.2, 0) is 0 Å². The summed E-state index contributed by atoms with van der Waals surface area (Å²) in [5.74, 6) is 0.248. The zero-order valence-electron chi connectivity index (χ0n) is 6.53. The van der Waals surface area contributed by atoms with Crippen molar-refractivity contribution < 1.29 is 5.21 Å². The molecule has 0 aliphatic carbocycles. The molecule has 0 saturated heterocycles. The van der Waals surface area contributed by atoms with Crippen LogP contribution in [0.4, 0.5) is 5.69 Å². The number of rotatable bonds is 4. The molecule has 4 N–H and O–H groups in total. The lowest BCUT2D eigenvalue weighted by atomic mass is 10.4. The monoisotopic (exact) mass is 185 g/mol. The summed E-state index contributed by atoms with van der Waals surface area (Å²) in [6, 6.07) is 1.98. The minimum absolute atomic E-state index is 0.248. The Bertz CT molecular complexity index is 245. The van der Waals surface area contributed by atoms with Gasteiger partial charge in [-0.15, -0.1) is 0 Å². The first kappa shape index (κ1) is 8.86. The van der Waals surface area contributed by atoms with Crippen LogP contribution in [0.25, 0.3) is 0 Å². The fourth-order valence-electron chi connectivity index (χ4n) is 0.750. The van der Waals surface area contributed by atoms with Crippen LogP contribution in [0.2, 0.25) is 0 Å². The molecule has 0 amide bonds. The maximum Gasteiger partial charge on any atom is 0.140 e. The molecule has 1 rings (SSSR count). The number of nitrogens with one attached hydrogen (secondary N) is 1. The molecule has 66 valence electrons. The predicted molar refractivity (Wildman–Crippen MR) is 50.8 cm³/mol. The summed E-state index contributed by atoms with van der Waals surface area (Å²) < 4.78 is 0. The Morgan fingerprint density at radius 2 is 2.58 bits per heavy atom. The average molecular weight is 185 g/mol. The highest BCUT2D eigenvalue weighted by molar-refractivity contribution is 7.08. The molecule has 5 heteroatoms. The molecule has 1 heterocycles. The summed E-state index contributed by atoms with van der Waals surface area (Å²) in [5, 5.41) is 18.2. The van der Waals surface area contributed by atoms with Gasteiger partial charge in [-0.1, -0.05) is 5.16 Å². The van der Waals surface area contributed by atoms with Gasteiger partial charge in [0.15, 0.2) is 0 Å². The molecule has 0 radical (unpaired) electrons. The topological polar surface area (TPSA) is 70.6 Å². The lowest BCUT2D eigenvalue weighted by Crippen LogP contribution is -2.16. The molecular formula is C7H11N3OS. The van der Waals surface area contributed by atoms with Crippen LogP contribution in [-0.4, -0.2) is 17.6 Å². The van der Waals surface area contributed by atoms with Crippen molar-refractivity contribution in [1.82, 2.24) is 0 Å². The molecule has 0 bridgehead atoms. The molecule has 0 saturated carbocycles. The van der Waals surface area contributed by atoms with Crippen molar-refractivity contribution in [1.29, 1.82) is 0 Å². The standard InChI is InChI=1S/C7H11N3OS/c8-7(10-11)1-3-9-6-2-4-12-5-6/h2,4-5,9,11H,1,3H2,(H2,8,10). The van der Waals surface area contributed by atoms with Gasteiger partial charge in [0.25, 0.3) is 0 Å².